The molecule has 60 valence electrons. The summed E-state index contributed by atoms with van der Waals surface area (Å²) in [5.74, 6) is 0.444. The molecule has 10 heavy (non-hydrogen) atoms. The molecule has 0 fully saturated rings. The van der Waals surface area contributed by atoms with Gasteiger partial charge in [0.1, 0.15) is 0 Å². The highest BCUT2D eigenvalue weighted by molar-refractivity contribution is 5.80. The van der Waals surface area contributed by atoms with E-state index in [1.807, 2.05) is 6.92 Å². The van der Waals surface area contributed by atoms with Gasteiger partial charge < -0.3 is 5.41 Å². The molecule has 1 nitrogen and oxygen atoms in total. The molecular weight excluding hydrogens is 122 g/mol. The second-order valence-corrected chi connectivity index (χ2v) is 4.35. The van der Waals surface area contributed by atoms with E-state index in [2.05, 4.69) is 27.7 Å². The van der Waals surface area contributed by atoms with E-state index in [1.54, 1.807) is 0 Å². The molecule has 0 saturated heterocycles. The third kappa shape index (κ3) is 4.54. The zero-order chi connectivity index (χ0) is 8.36. The Morgan fingerprint density at radius 2 is 1.80 bits per heavy atom. The van der Waals surface area contributed by atoms with Crippen molar-refractivity contribution < 1.29 is 0 Å². The molecule has 0 aliphatic carbocycles. The number of rotatable bonds is 2. The van der Waals surface area contributed by atoms with E-state index in [1.165, 1.54) is 0 Å². The molecule has 0 rings (SSSR count). The van der Waals surface area contributed by atoms with Crippen LogP contribution in [0.4, 0.5) is 0 Å². The van der Waals surface area contributed by atoms with Crippen LogP contribution < -0.4 is 0 Å². The molecule has 0 amide bonds. The first kappa shape index (κ1) is 9.67. The summed E-state index contributed by atoms with van der Waals surface area (Å²) in [5, 5.41) is 7.38. The van der Waals surface area contributed by atoms with Crippen molar-refractivity contribution in [2.24, 2.45) is 11.3 Å². The zero-order valence-corrected chi connectivity index (χ0v) is 7.78. The Morgan fingerprint density at radius 3 is 1.90 bits per heavy atom. The molecule has 0 radical (unpaired) electrons. The summed E-state index contributed by atoms with van der Waals surface area (Å²) in [6.45, 7) is 10.6. The number of nitrogens with one attached hydrogen (secondary N) is 1. The Balaban J connectivity index is 3.80. The summed E-state index contributed by atoms with van der Waals surface area (Å²) in [4.78, 5) is 0. The van der Waals surface area contributed by atoms with E-state index in [4.69, 9.17) is 5.41 Å². The van der Waals surface area contributed by atoms with E-state index in [-0.39, 0.29) is 0 Å². The standard InChI is InChI=1S/C9H19N/c1-7(8(2)10)6-9(3,4)5/h7,10H,6H2,1-5H3. The van der Waals surface area contributed by atoms with Gasteiger partial charge in [-0.15, -0.1) is 0 Å². The highest BCUT2D eigenvalue weighted by Crippen LogP contribution is 2.24. The average molecular weight is 141 g/mol. The van der Waals surface area contributed by atoms with E-state index in [0.717, 1.165) is 12.1 Å². The van der Waals surface area contributed by atoms with Gasteiger partial charge >= 0.3 is 0 Å². The molecule has 0 spiro atoms. The van der Waals surface area contributed by atoms with Gasteiger partial charge in [0.25, 0.3) is 0 Å². The van der Waals surface area contributed by atoms with Gasteiger partial charge in [0.05, 0.1) is 0 Å². The number of hydrogen-bond acceptors (Lipinski definition) is 1. The highest BCUT2D eigenvalue weighted by Gasteiger charge is 2.15. The van der Waals surface area contributed by atoms with Crippen LogP contribution in [0.1, 0.15) is 41.0 Å². The molecule has 0 aromatic carbocycles. The van der Waals surface area contributed by atoms with E-state index in [9.17, 15) is 0 Å². The maximum Gasteiger partial charge on any atom is 0.00865 e. The minimum absolute atomic E-state index is 0.363. The van der Waals surface area contributed by atoms with E-state index >= 15 is 0 Å². The van der Waals surface area contributed by atoms with Gasteiger partial charge in [0, 0.05) is 5.71 Å². The van der Waals surface area contributed by atoms with Gasteiger partial charge in [0.2, 0.25) is 0 Å². The van der Waals surface area contributed by atoms with Crippen LogP contribution in [0.5, 0.6) is 0 Å². The van der Waals surface area contributed by atoms with Crippen LogP contribution in [0.3, 0.4) is 0 Å². The first-order valence-corrected chi connectivity index (χ1v) is 3.88. The second-order valence-electron chi connectivity index (χ2n) is 4.35. The maximum atomic E-state index is 7.38. The fourth-order valence-corrected chi connectivity index (χ4v) is 1.07. The van der Waals surface area contributed by atoms with Crippen molar-refractivity contribution in [3.63, 3.8) is 0 Å². The largest absolute Gasteiger partial charge is 0.310 e. The van der Waals surface area contributed by atoms with Crippen molar-refractivity contribution in [1.82, 2.24) is 0 Å². The predicted octanol–water partition coefficient (Wildman–Crippen LogP) is 3.10. The Morgan fingerprint density at radius 1 is 1.40 bits per heavy atom. The summed E-state index contributed by atoms with van der Waals surface area (Å²) in [6, 6.07) is 0. The lowest BCUT2D eigenvalue weighted by Crippen LogP contribution is -2.15. The quantitative estimate of drug-likeness (QED) is 0.571. The average Bonchev–Trinajstić information content (AvgIpc) is 1.60. The van der Waals surface area contributed by atoms with Crippen molar-refractivity contribution in [2.75, 3.05) is 0 Å². The summed E-state index contributed by atoms with van der Waals surface area (Å²) in [7, 11) is 0. The van der Waals surface area contributed by atoms with Crippen molar-refractivity contribution in [2.45, 2.75) is 41.0 Å². The van der Waals surface area contributed by atoms with Crippen LogP contribution in [0.25, 0.3) is 0 Å². The lowest BCUT2D eigenvalue weighted by molar-refractivity contribution is 0.345. The molecule has 1 unspecified atom stereocenters. The molecule has 0 heterocycles. The normalized spacial score (nSPS) is 14.9. The summed E-state index contributed by atoms with van der Waals surface area (Å²) in [6.07, 6.45) is 1.11. The maximum absolute atomic E-state index is 7.38. The molecule has 1 N–H and O–H groups in total. The van der Waals surface area contributed by atoms with Gasteiger partial charge in [-0.2, -0.15) is 0 Å². The Labute approximate surface area is 64.3 Å². The zero-order valence-electron chi connectivity index (χ0n) is 7.78. The minimum Gasteiger partial charge on any atom is -0.310 e. The van der Waals surface area contributed by atoms with Crippen LogP contribution in [0, 0.1) is 16.7 Å². The number of hydrogen-bond donors (Lipinski definition) is 1. The third-order valence-electron chi connectivity index (χ3n) is 1.66. The third-order valence-corrected chi connectivity index (χ3v) is 1.66. The molecule has 0 aromatic rings. The fourth-order valence-electron chi connectivity index (χ4n) is 1.07. The SMILES string of the molecule is CC(=N)C(C)CC(C)(C)C. The van der Waals surface area contributed by atoms with Crippen LogP contribution in [-0.2, 0) is 0 Å². The predicted molar refractivity (Wildman–Crippen MR) is 46.6 cm³/mol. The van der Waals surface area contributed by atoms with Gasteiger partial charge in [-0.05, 0) is 24.7 Å². The Bertz CT molecular complexity index is 119. The monoisotopic (exact) mass is 141 g/mol. The molecule has 1 heteroatoms. The summed E-state index contributed by atoms with van der Waals surface area (Å²) < 4.78 is 0. The van der Waals surface area contributed by atoms with Crippen LogP contribution >= 0.6 is 0 Å². The minimum atomic E-state index is 0.363. The molecule has 0 aromatic heterocycles. The molecular formula is C9H19N. The van der Waals surface area contributed by atoms with Gasteiger partial charge in [-0.25, -0.2) is 0 Å². The molecule has 1 atom stereocenters. The van der Waals surface area contributed by atoms with Crippen LogP contribution in [0.2, 0.25) is 0 Å². The molecule has 0 aliphatic heterocycles. The smallest absolute Gasteiger partial charge is 0.00865 e. The van der Waals surface area contributed by atoms with E-state index < -0.39 is 0 Å². The summed E-state index contributed by atoms with van der Waals surface area (Å²) >= 11 is 0. The Kier molecular flexibility index (Phi) is 3.07. The Hall–Kier alpha value is -0.330. The topological polar surface area (TPSA) is 23.9 Å². The fraction of sp³-hybridized carbons (Fsp3) is 0.889. The highest BCUT2D eigenvalue weighted by atomic mass is 14.4. The van der Waals surface area contributed by atoms with Gasteiger partial charge in [0.15, 0.2) is 0 Å². The summed E-state index contributed by atoms with van der Waals surface area (Å²) in [5.41, 5.74) is 1.16. The molecule has 0 aliphatic rings. The van der Waals surface area contributed by atoms with Crippen molar-refractivity contribution in [3.05, 3.63) is 0 Å². The van der Waals surface area contributed by atoms with Crippen LogP contribution in [0.15, 0.2) is 0 Å². The lowest BCUT2D eigenvalue weighted by atomic mass is 9.84. The first-order chi connectivity index (χ1) is 4.33. The van der Waals surface area contributed by atoms with Crippen LogP contribution in [-0.4, -0.2) is 5.71 Å². The second kappa shape index (κ2) is 3.18. The lowest BCUT2D eigenvalue weighted by Gasteiger charge is -2.22. The molecule has 0 saturated carbocycles. The van der Waals surface area contributed by atoms with E-state index in [0.29, 0.717) is 11.3 Å². The van der Waals surface area contributed by atoms with Gasteiger partial charge in [-0.3, -0.25) is 0 Å². The molecule has 0 bridgehead atoms. The van der Waals surface area contributed by atoms with Crippen molar-refractivity contribution >= 4 is 5.71 Å². The van der Waals surface area contributed by atoms with Gasteiger partial charge in [-0.1, -0.05) is 27.7 Å². The van der Waals surface area contributed by atoms with Crippen molar-refractivity contribution in [1.29, 1.82) is 5.41 Å². The van der Waals surface area contributed by atoms with Crippen molar-refractivity contribution in [3.8, 4) is 0 Å². The first-order valence-electron chi connectivity index (χ1n) is 3.88.